The number of rotatable bonds is 2. The monoisotopic (exact) mass is 218 g/mol. The molecule has 82 valence electrons. The highest BCUT2D eigenvalue weighted by Crippen LogP contribution is 2.15. The minimum absolute atomic E-state index is 0.0678. The van der Waals surface area contributed by atoms with Crippen molar-refractivity contribution in [2.45, 2.75) is 13.8 Å². The van der Waals surface area contributed by atoms with Gasteiger partial charge in [0.1, 0.15) is 11.6 Å². The zero-order valence-electron chi connectivity index (χ0n) is 8.91. The summed E-state index contributed by atoms with van der Waals surface area (Å²) in [5.41, 5.74) is 0.835. The van der Waals surface area contributed by atoms with E-state index in [4.69, 9.17) is 0 Å². The Hall–Kier alpha value is -2.24. The lowest BCUT2D eigenvalue weighted by atomic mass is 10.3. The van der Waals surface area contributed by atoms with E-state index in [0.29, 0.717) is 5.82 Å². The van der Waals surface area contributed by atoms with Gasteiger partial charge in [-0.15, -0.1) is 0 Å². The summed E-state index contributed by atoms with van der Waals surface area (Å²) < 4.78 is 1.65. The van der Waals surface area contributed by atoms with Gasteiger partial charge in [0, 0.05) is 12.1 Å². The Morgan fingerprint density at radius 3 is 2.31 bits per heavy atom. The van der Waals surface area contributed by atoms with E-state index in [1.165, 1.54) is 12.1 Å². The summed E-state index contributed by atoms with van der Waals surface area (Å²) in [5.74, 6) is 1.43. The van der Waals surface area contributed by atoms with Crippen LogP contribution < -0.4 is 0 Å². The van der Waals surface area contributed by atoms with Gasteiger partial charge in [-0.25, -0.2) is 9.67 Å². The number of aromatic nitrogens is 3. The van der Waals surface area contributed by atoms with Crippen LogP contribution in [0.15, 0.2) is 24.3 Å². The van der Waals surface area contributed by atoms with Gasteiger partial charge in [-0.3, -0.25) is 10.1 Å². The maximum absolute atomic E-state index is 10.5. The van der Waals surface area contributed by atoms with E-state index in [2.05, 4.69) is 10.1 Å². The van der Waals surface area contributed by atoms with Gasteiger partial charge < -0.3 is 0 Å². The standard InChI is InChI=1S/C10H10N4O2/c1-7-11-8(2)13(12-7)9-3-5-10(6-4-9)14(15)16/h3-6H,1-2H3. The highest BCUT2D eigenvalue weighted by molar-refractivity contribution is 5.40. The molecule has 0 unspecified atom stereocenters. The van der Waals surface area contributed by atoms with Crippen LogP contribution in [-0.4, -0.2) is 19.7 Å². The molecular weight excluding hydrogens is 208 g/mol. The van der Waals surface area contributed by atoms with Crippen LogP contribution in [-0.2, 0) is 0 Å². The minimum Gasteiger partial charge on any atom is -0.258 e. The number of hydrogen-bond donors (Lipinski definition) is 0. The molecule has 0 saturated heterocycles. The average molecular weight is 218 g/mol. The van der Waals surface area contributed by atoms with Crippen molar-refractivity contribution < 1.29 is 4.92 Å². The molecule has 1 aromatic heterocycles. The van der Waals surface area contributed by atoms with Crippen molar-refractivity contribution in [1.29, 1.82) is 0 Å². The van der Waals surface area contributed by atoms with Crippen LogP contribution in [0.1, 0.15) is 11.6 Å². The first kappa shape index (κ1) is 10.3. The first-order valence-electron chi connectivity index (χ1n) is 4.73. The topological polar surface area (TPSA) is 73.8 Å². The molecule has 2 rings (SSSR count). The van der Waals surface area contributed by atoms with Gasteiger partial charge in [0.2, 0.25) is 0 Å². The molecule has 0 aliphatic rings. The van der Waals surface area contributed by atoms with E-state index in [1.54, 1.807) is 23.7 Å². The van der Waals surface area contributed by atoms with Crippen LogP contribution in [0.3, 0.4) is 0 Å². The van der Waals surface area contributed by atoms with Gasteiger partial charge in [-0.05, 0) is 26.0 Å². The summed E-state index contributed by atoms with van der Waals surface area (Å²) in [7, 11) is 0. The van der Waals surface area contributed by atoms with Crippen molar-refractivity contribution in [2.24, 2.45) is 0 Å². The number of benzene rings is 1. The molecule has 0 atom stereocenters. The zero-order chi connectivity index (χ0) is 11.7. The molecule has 0 amide bonds. The minimum atomic E-state index is -0.427. The highest BCUT2D eigenvalue weighted by Gasteiger charge is 2.08. The van der Waals surface area contributed by atoms with E-state index in [-0.39, 0.29) is 5.69 Å². The van der Waals surface area contributed by atoms with E-state index in [0.717, 1.165) is 11.5 Å². The number of nitrogens with zero attached hydrogens (tertiary/aromatic N) is 4. The Morgan fingerprint density at radius 1 is 1.25 bits per heavy atom. The molecule has 1 aromatic carbocycles. The third kappa shape index (κ3) is 1.77. The summed E-state index contributed by atoms with van der Waals surface area (Å²) in [6.07, 6.45) is 0. The molecule has 16 heavy (non-hydrogen) atoms. The molecular formula is C10H10N4O2. The van der Waals surface area contributed by atoms with Crippen molar-refractivity contribution in [1.82, 2.24) is 14.8 Å². The van der Waals surface area contributed by atoms with Gasteiger partial charge in [0.25, 0.3) is 5.69 Å². The molecule has 0 radical (unpaired) electrons. The van der Waals surface area contributed by atoms with Crippen molar-refractivity contribution in [3.63, 3.8) is 0 Å². The van der Waals surface area contributed by atoms with Crippen LogP contribution >= 0.6 is 0 Å². The molecule has 0 fully saturated rings. The van der Waals surface area contributed by atoms with Crippen LogP contribution in [0.2, 0.25) is 0 Å². The first-order chi connectivity index (χ1) is 7.58. The maximum atomic E-state index is 10.5. The van der Waals surface area contributed by atoms with Gasteiger partial charge in [0.05, 0.1) is 10.6 Å². The predicted molar refractivity (Wildman–Crippen MR) is 57.5 cm³/mol. The molecule has 0 saturated carbocycles. The Bertz CT molecular complexity index is 530. The molecule has 6 heteroatoms. The highest BCUT2D eigenvalue weighted by atomic mass is 16.6. The number of aryl methyl sites for hydroxylation is 2. The second-order valence-electron chi connectivity index (χ2n) is 3.39. The lowest BCUT2D eigenvalue weighted by Gasteiger charge is -2.01. The third-order valence-electron chi connectivity index (χ3n) is 2.18. The van der Waals surface area contributed by atoms with E-state index in [9.17, 15) is 10.1 Å². The Kier molecular flexibility index (Phi) is 2.40. The molecule has 1 heterocycles. The molecule has 0 aliphatic heterocycles. The van der Waals surface area contributed by atoms with Crippen molar-refractivity contribution in [2.75, 3.05) is 0 Å². The third-order valence-corrected chi connectivity index (χ3v) is 2.18. The maximum Gasteiger partial charge on any atom is 0.269 e. The summed E-state index contributed by atoms with van der Waals surface area (Å²) in [5, 5.41) is 14.7. The van der Waals surface area contributed by atoms with E-state index in [1.807, 2.05) is 6.92 Å². The number of nitro benzene ring substituents is 1. The summed E-state index contributed by atoms with van der Waals surface area (Å²) in [6, 6.07) is 6.20. The summed E-state index contributed by atoms with van der Waals surface area (Å²) >= 11 is 0. The smallest absolute Gasteiger partial charge is 0.258 e. The summed E-state index contributed by atoms with van der Waals surface area (Å²) in [4.78, 5) is 14.2. The summed E-state index contributed by atoms with van der Waals surface area (Å²) in [6.45, 7) is 3.64. The second-order valence-corrected chi connectivity index (χ2v) is 3.39. The van der Waals surface area contributed by atoms with Crippen molar-refractivity contribution >= 4 is 5.69 Å². The Morgan fingerprint density at radius 2 is 1.88 bits per heavy atom. The first-order valence-corrected chi connectivity index (χ1v) is 4.73. The fourth-order valence-corrected chi connectivity index (χ4v) is 1.48. The van der Waals surface area contributed by atoms with Crippen LogP contribution in [0, 0.1) is 24.0 Å². The average Bonchev–Trinajstić information content (AvgIpc) is 2.58. The van der Waals surface area contributed by atoms with Gasteiger partial charge in [-0.2, -0.15) is 5.10 Å². The quantitative estimate of drug-likeness (QED) is 0.569. The molecule has 0 aliphatic carbocycles. The molecule has 0 spiro atoms. The molecule has 2 aromatic rings. The van der Waals surface area contributed by atoms with Crippen LogP contribution in [0.25, 0.3) is 5.69 Å². The lowest BCUT2D eigenvalue weighted by Crippen LogP contribution is -1.99. The molecule has 0 N–H and O–H groups in total. The van der Waals surface area contributed by atoms with Crippen LogP contribution in [0.4, 0.5) is 5.69 Å². The SMILES string of the molecule is Cc1nc(C)n(-c2ccc([N+](=O)[O-])cc2)n1. The number of hydrogen-bond acceptors (Lipinski definition) is 4. The largest absolute Gasteiger partial charge is 0.269 e. The second kappa shape index (κ2) is 3.73. The zero-order valence-corrected chi connectivity index (χ0v) is 8.91. The Balaban J connectivity index is 2.42. The molecule has 6 nitrogen and oxygen atoms in total. The van der Waals surface area contributed by atoms with E-state index < -0.39 is 4.92 Å². The fourth-order valence-electron chi connectivity index (χ4n) is 1.48. The van der Waals surface area contributed by atoms with Gasteiger partial charge in [0.15, 0.2) is 0 Å². The van der Waals surface area contributed by atoms with Gasteiger partial charge >= 0.3 is 0 Å². The van der Waals surface area contributed by atoms with E-state index >= 15 is 0 Å². The number of non-ortho nitro benzene ring substituents is 1. The van der Waals surface area contributed by atoms with Crippen LogP contribution in [0.5, 0.6) is 0 Å². The van der Waals surface area contributed by atoms with Crippen molar-refractivity contribution in [3.8, 4) is 5.69 Å². The molecule has 0 bridgehead atoms. The van der Waals surface area contributed by atoms with Gasteiger partial charge in [-0.1, -0.05) is 0 Å². The lowest BCUT2D eigenvalue weighted by molar-refractivity contribution is -0.384. The number of nitro groups is 1. The predicted octanol–water partition coefficient (Wildman–Crippen LogP) is 1.79. The normalized spacial score (nSPS) is 10.4. The fraction of sp³-hybridized carbons (Fsp3) is 0.200. The Labute approximate surface area is 91.7 Å². The van der Waals surface area contributed by atoms with Crippen molar-refractivity contribution in [3.05, 3.63) is 46.0 Å².